The molecule has 0 spiro atoms. The van der Waals surface area contributed by atoms with Gasteiger partial charge in [0.05, 0.1) is 11.6 Å². The number of nitriles is 1. The second kappa shape index (κ2) is 7.12. The third kappa shape index (κ3) is 3.53. The molecule has 0 aromatic heterocycles. The van der Waals surface area contributed by atoms with Crippen molar-refractivity contribution in [3.8, 4) is 6.07 Å². The molecule has 0 saturated carbocycles. The van der Waals surface area contributed by atoms with Crippen LogP contribution in [0.4, 0.5) is 5.69 Å². The summed E-state index contributed by atoms with van der Waals surface area (Å²) in [6.07, 6.45) is 4.09. The summed E-state index contributed by atoms with van der Waals surface area (Å²) in [4.78, 5) is 14.5. The maximum absolute atomic E-state index is 12.2. The number of rotatable bonds is 3. The zero-order valence-electron chi connectivity index (χ0n) is 13.6. The van der Waals surface area contributed by atoms with Crippen molar-refractivity contribution < 1.29 is 4.79 Å². The molecule has 0 aliphatic carbocycles. The van der Waals surface area contributed by atoms with E-state index in [0.29, 0.717) is 5.56 Å². The highest BCUT2D eigenvalue weighted by Gasteiger charge is 2.16. The van der Waals surface area contributed by atoms with Gasteiger partial charge in [-0.2, -0.15) is 5.26 Å². The molecule has 24 heavy (non-hydrogen) atoms. The molecule has 1 aliphatic rings. The van der Waals surface area contributed by atoms with E-state index in [-0.39, 0.29) is 5.91 Å². The van der Waals surface area contributed by atoms with Crippen molar-refractivity contribution in [2.45, 2.75) is 13.0 Å². The lowest BCUT2D eigenvalue weighted by Crippen LogP contribution is -2.27. The predicted octanol–water partition coefficient (Wildman–Crippen LogP) is 3.20. The fraction of sp³-hybridized carbons (Fsp3) is 0.200. The molecule has 0 saturated heterocycles. The highest BCUT2D eigenvalue weighted by Crippen LogP contribution is 2.25. The first-order valence-corrected chi connectivity index (χ1v) is 7.95. The van der Waals surface area contributed by atoms with Crippen molar-refractivity contribution in [3.63, 3.8) is 0 Å². The molecule has 1 heterocycles. The molecule has 0 radical (unpaired) electrons. The number of nitrogens with zero attached hydrogens (tertiary/aromatic N) is 2. The normalized spacial score (nSPS) is 14.2. The summed E-state index contributed by atoms with van der Waals surface area (Å²) in [6.45, 7) is 1.90. The first kappa shape index (κ1) is 16.0. The van der Waals surface area contributed by atoms with Gasteiger partial charge in [0.25, 0.3) is 0 Å². The molecule has 1 amide bonds. The average Bonchev–Trinajstić information content (AvgIpc) is 2.60. The van der Waals surface area contributed by atoms with Crippen LogP contribution >= 0.6 is 0 Å². The number of benzene rings is 2. The quantitative estimate of drug-likeness (QED) is 0.885. The van der Waals surface area contributed by atoms with Gasteiger partial charge in [0.2, 0.25) is 5.91 Å². The number of likely N-dealkylation sites (N-methyl/N-ethyl adjacent to an activating group) is 1. The summed E-state index contributed by atoms with van der Waals surface area (Å²) in [6, 6.07) is 15.4. The van der Waals surface area contributed by atoms with Crippen LogP contribution in [0.3, 0.4) is 0 Å². The number of amides is 1. The fourth-order valence-electron chi connectivity index (χ4n) is 2.95. The highest BCUT2D eigenvalue weighted by atomic mass is 16.1. The Labute approximate surface area is 142 Å². The molecule has 0 atom stereocenters. The van der Waals surface area contributed by atoms with E-state index in [0.717, 1.165) is 30.8 Å². The monoisotopic (exact) mass is 317 g/mol. The van der Waals surface area contributed by atoms with Gasteiger partial charge in [-0.3, -0.25) is 4.79 Å². The van der Waals surface area contributed by atoms with Gasteiger partial charge in [0.1, 0.15) is 0 Å². The highest BCUT2D eigenvalue weighted by molar-refractivity contribution is 6.02. The van der Waals surface area contributed by atoms with Gasteiger partial charge < -0.3 is 10.2 Å². The Morgan fingerprint density at radius 2 is 2.08 bits per heavy atom. The first-order chi connectivity index (χ1) is 11.7. The Kier molecular flexibility index (Phi) is 4.74. The smallest absolute Gasteiger partial charge is 0.248 e. The van der Waals surface area contributed by atoms with Crippen molar-refractivity contribution in [2.24, 2.45) is 0 Å². The van der Waals surface area contributed by atoms with Crippen molar-refractivity contribution in [2.75, 3.05) is 18.9 Å². The summed E-state index contributed by atoms with van der Waals surface area (Å²) >= 11 is 0. The van der Waals surface area contributed by atoms with Crippen molar-refractivity contribution >= 4 is 17.7 Å². The molecule has 0 bridgehead atoms. The standard InChI is InChI=1S/C20H19N3O/c1-23-12-11-18-17(14-23)7-4-8-19(18)22-20(24)10-9-15-5-2-3-6-16(15)13-21/h2-10H,11-12,14H2,1H3,(H,22,24)/b10-9+. The molecular formula is C20H19N3O. The van der Waals surface area contributed by atoms with E-state index in [1.54, 1.807) is 12.1 Å². The number of carbonyl (C=O) groups excluding carboxylic acids is 1. The number of hydrogen-bond acceptors (Lipinski definition) is 3. The molecule has 2 aromatic carbocycles. The Hall–Kier alpha value is -2.90. The van der Waals surface area contributed by atoms with Crippen LogP contribution in [-0.4, -0.2) is 24.4 Å². The minimum Gasteiger partial charge on any atom is -0.322 e. The van der Waals surface area contributed by atoms with Crippen LogP contribution in [0.25, 0.3) is 6.08 Å². The second-order valence-electron chi connectivity index (χ2n) is 5.95. The summed E-state index contributed by atoms with van der Waals surface area (Å²) < 4.78 is 0. The van der Waals surface area contributed by atoms with E-state index < -0.39 is 0 Å². The van der Waals surface area contributed by atoms with Crippen LogP contribution in [0.2, 0.25) is 0 Å². The fourth-order valence-corrected chi connectivity index (χ4v) is 2.95. The van der Waals surface area contributed by atoms with Gasteiger partial charge in [-0.15, -0.1) is 0 Å². The number of carbonyl (C=O) groups is 1. The molecule has 0 unspecified atom stereocenters. The van der Waals surface area contributed by atoms with Gasteiger partial charge in [-0.25, -0.2) is 0 Å². The SMILES string of the molecule is CN1CCc2c(cccc2NC(=O)/C=C/c2ccccc2C#N)C1. The molecule has 120 valence electrons. The minimum atomic E-state index is -0.185. The van der Waals surface area contributed by atoms with E-state index in [9.17, 15) is 4.79 Å². The maximum atomic E-state index is 12.2. The summed E-state index contributed by atoms with van der Waals surface area (Å²) in [5.74, 6) is -0.185. The Bertz CT molecular complexity index is 833. The van der Waals surface area contributed by atoms with Gasteiger partial charge in [0.15, 0.2) is 0 Å². The molecule has 3 rings (SSSR count). The molecule has 1 N–H and O–H groups in total. The van der Waals surface area contributed by atoms with E-state index in [1.807, 2.05) is 30.3 Å². The predicted molar refractivity (Wildman–Crippen MR) is 95.3 cm³/mol. The lowest BCUT2D eigenvalue weighted by Gasteiger charge is -2.26. The van der Waals surface area contributed by atoms with E-state index in [4.69, 9.17) is 5.26 Å². The largest absolute Gasteiger partial charge is 0.322 e. The van der Waals surface area contributed by atoms with Crippen molar-refractivity contribution in [1.29, 1.82) is 5.26 Å². The summed E-state index contributed by atoms with van der Waals surface area (Å²) in [5, 5.41) is 12.0. The number of anilines is 1. The van der Waals surface area contributed by atoms with Crippen LogP contribution in [0, 0.1) is 11.3 Å². The van der Waals surface area contributed by atoms with Crippen molar-refractivity contribution in [1.82, 2.24) is 4.90 Å². The van der Waals surface area contributed by atoms with Gasteiger partial charge >= 0.3 is 0 Å². The topological polar surface area (TPSA) is 56.1 Å². The van der Waals surface area contributed by atoms with Crippen LogP contribution in [0.5, 0.6) is 0 Å². The zero-order chi connectivity index (χ0) is 16.9. The molecule has 4 heteroatoms. The second-order valence-corrected chi connectivity index (χ2v) is 5.95. The van der Waals surface area contributed by atoms with Crippen molar-refractivity contribution in [3.05, 3.63) is 70.8 Å². The summed E-state index contributed by atoms with van der Waals surface area (Å²) in [5.41, 5.74) is 4.66. The molecule has 4 nitrogen and oxygen atoms in total. The molecule has 1 aliphatic heterocycles. The Morgan fingerprint density at radius 3 is 2.92 bits per heavy atom. The number of fused-ring (bicyclic) bond motifs is 1. The van der Waals surface area contributed by atoms with E-state index in [2.05, 4.69) is 29.4 Å². The minimum absolute atomic E-state index is 0.185. The maximum Gasteiger partial charge on any atom is 0.248 e. The Morgan fingerprint density at radius 1 is 1.25 bits per heavy atom. The third-order valence-electron chi connectivity index (χ3n) is 4.21. The number of hydrogen-bond donors (Lipinski definition) is 1. The third-order valence-corrected chi connectivity index (χ3v) is 4.21. The summed E-state index contributed by atoms with van der Waals surface area (Å²) in [7, 11) is 2.10. The lowest BCUT2D eigenvalue weighted by molar-refractivity contribution is -0.111. The van der Waals surface area contributed by atoms with Gasteiger partial charge in [-0.1, -0.05) is 30.3 Å². The van der Waals surface area contributed by atoms with Crippen LogP contribution in [0.1, 0.15) is 22.3 Å². The van der Waals surface area contributed by atoms with Gasteiger partial charge in [-0.05, 0) is 48.4 Å². The zero-order valence-corrected chi connectivity index (χ0v) is 13.6. The van der Waals surface area contributed by atoms with Crippen LogP contribution in [0.15, 0.2) is 48.5 Å². The van der Waals surface area contributed by atoms with E-state index in [1.165, 1.54) is 17.2 Å². The molecule has 0 fully saturated rings. The lowest BCUT2D eigenvalue weighted by atomic mass is 9.98. The van der Waals surface area contributed by atoms with Crippen LogP contribution < -0.4 is 5.32 Å². The van der Waals surface area contributed by atoms with E-state index >= 15 is 0 Å². The molecule has 2 aromatic rings. The average molecular weight is 317 g/mol. The molecular weight excluding hydrogens is 298 g/mol. The Balaban J connectivity index is 1.75. The van der Waals surface area contributed by atoms with Gasteiger partial charge in [0, 0.05) is 24.9 Å². The van der Waals surface area contributed by atoms with Crippen LogP contribution in [-0.2, 0) is 17.8 Å². The first-order valence-electron chi connectivity index (χ1n) is 7.95. The number of nitrogens with one attached hydrogen (secondary N) is 1.